The maximum atomic E-state index is 12.5. The minimum Gasteiger partial charge on any atom is -0.324 e. The minimum absolute atomic E-state index is 0.0634. The zero-order valence-corrected chi connectivity index (χ0v) is 17.5. The topological polar surface area (TPSA) is 88.9 Å². The Morgan fingerprint density at radius 2 is 1.75 bits per heavy atom. The Bertz CT molecular complexity index is 1030. The molecule has 0 aliphatic carbocycles. The molecule has 2 amide bonds. The minimum atomic E-state index is -0.386. The molecule has 3 aromatic rings. The van der Waals surface area contributed by atoms with Crippen LogP contribution < -0.4 is 10.6 Å². The van der Waals surface area contributed by atoms with Crippen LogP contribution in [0.2, 0.25) is 5.02 Å². The highest BCUT2D eigenvalue weighted by Gasteiger charge is 2.18. The van der Waals surface area contributed by atoms with Crippen molar-refractivity contribution >= 4 is 50.7 Å². The first-order chi connectivity index (χ1) is 13.3. The molecule has 0 radical (unpaired) electrons. The first-order valence-electron chi connectivity index (χ1n) is 8.36. The first-order valence-corrected chi connectivity index (χ1v) is 9.53. The average molecular weight is 463 g/mol. The van der Waals surface area contributed by atoms with Gasteiger partial charge in [-0.25, -0.2) is 4.68 Å². The van der Waals surface area contributed by atoms with Gasteiger partial charge in [-0.15, -0.1) is 5.10 Å². The van der Waals surface area contributed by atoms with Gasteiger partial charge in [-0.1, -0.05) is 32.7 Å². The normalized spacial score (nSPS) is 10.6. The second kappa shape index (κ2) is 8.53. The van der Waals surface area contributed by atoms with E-state index in [0.717, 1.165) is 10.0 Å². The maximum Gasteiger partial charge on any atom is 0.278 e. The highest BCUT2D eigenvalue weighted by Crippen LogP contribution is 2.20. The Balaban J connectivity index is 1.67. The second-order valence-corrected chi connectivity index (χ2v) is 7.45. The van der Waals surface area contributed by atoms with Gasteiger partial charge in [0.2, 0.25) is 5.91 Å². The average Bonchev–Trinajstić information content (AvgIpc) is 3.01. The highest BCUT2D eigenvalue weighted by molar-refractivity contribution is 9.10. The third-order valence-corrected chi connectivity index (χ3v) is 5.18. The van der Waals surface area contributed by atoms with Gasteiger partial charge < -0.3 is 10.6 Å². The predicted molar refractivity (Wildman–Crippen MR) is 112 cm³/mol. The van der Waals surface area contributed by atoms with Gasteiger partial charge in [-0.2, -0.15) is 0 Å². The van der Waals surface area contributed by atoms with Crippen LogP contribution in [0.15, 0.2) is 46.9 Å². The molecule has 0 bridgehead atoms. The van der Waals surface area contributed by atoms with E-state index < -0.39 is 0 Å². The molecular formula is C19H17BrClN5O2. The van der Waals surface area contributed by atoms with Crippen LogP contribution in [0.25, 0.3) is 0 Å². The van der Waals surface area contributed by atoms with Crippen LogP contribution in [-0.2, 0) is 11.3 Å². The van der Waals surface area contributed by atoms with Crippen LogP contribution in [0.1, 0.15) is 21.7 Å². The van der Waals surface area contributed by atoms with Crippen LogP contribution in [-0.4, -0.2) is 26.8 Å². The van der Waals surface area contributed by atoms with E-state index in [1.807, 2.05) is 19.1 Å². The molecule has 2 aromatic carbocycles. The van der Waals surface area contributed by atoms with Crippen molar-refractivity contribution in [2.24, 2.45) is 0 Å². The van der Waals surface area contributed by atoms with E-state index in [1.54, 1.807) is 37.3 Å². The van der Waals surface area contributed by atoms with Crippen molar-refractivity contribution in [2.75, 3.05) is 10.6 Å². The number of anilines is 2. The molecule has 0 spiro atoms. The van der Waals surface area contributed by atoms with E-state index in [4.69, 9.17) is 11.6 Å². The molecule has 0 saturated heterocycles. The van der Waals surface area contributed by atoms with Gasteiger partial charge in [0.15, 0.2) is 5.69 Å². The quantitative estimate of drug-likeness (QED) is 0.595. The number of hydrogen-bond acceptors (Lipinski definition) is 4. The van der Waals surface area contributed by atoms with Crippen molar-refractivity contribution in [3.8, 4) is 0 Å². The zero-order chi connectivity index (χ0) is 20.3. The summed E-state index contributed by atoms with van der Waals surface area (Å²) in [5.41, 5.74) is 2.94. The maximum absolute atomic E-state index is 12.5. The lowest BCUT2D eigenvalue weighted by Gasteiger charge is -2.07. The summed E-state index contributed by atoms with van der Waals surface area (Å²) in [6, 6.07) is 12.3. The number of hydrogen-bond donors (Lipinski definition) is 2. The number of nitrogens with zero attached hydrogens (tertiary/aromatic N) is 3. The van der Waals surface area contributed by atoms with E-state index in [2.05, 4.69) is 36.9 Å². The summed E-state index contributed by atoms with van der Waals surface area (Å²) in [6.45, 7) is 3.56. The van der Waals surface area contributed by atoms with Crippen molar-refractivity contribution in [3.05, 3.63) is 68.9 Å². The molecule has 9 heteroatoms. The standard InChI is InChI=1S/C19H17BrClN5O2/c1-11-9-15(7-8-16(11)20)23-19(28)18-12(2)26(25-24-18)10-17(27)22-14-5-3-13(21)4-6-14/h3-9H,10H2,1-2H3,(H,22,27)(H,23,28). The summed E-state index contributed by atoms with van der Waals surface area (Å²) in [6.07, 6.45) is 0. The molecule has 1 aromatic heterocycles. The molecule has 0 saturated carbocycles. The van der Waals surface area contributed by atoms with Gasteiger partial charge >= 0.3 is 0 Å². The molecule has 2 N–H and O–H groups in total. The number of halogens is 2. The van der Waals surface area contributed by atoms with Crippen molar-refractivity contribution in [1.82, 2.24) is 15.0 Å². The number of benzene rings is 2. The first kappa shape index (κ1) is 20.0. The van der Waals surface area contributed by atoms with Gasteiger partial charge in [-0.05, 0) is 61.9 Å². The third-order valence-electron chi connectivity index (χ3n) is 4.03. The van der Waals surface area contributed by atoms with E-state index in [-0.39, 0.29) is 24.1 Å². The van der Waals surface area contributed by atoms with Crippen LogP contribution in [0, 0.1) is 13.8 Å². The molecule has 0 unspecified atom stereocenters. The molecule has 0 aliphatic heterocycles. The van der Waals surface area contributed by atoms with Crippen molar-refractivity contribution < 1.29 is 9.59 Å². The number of carbonyl (C=O) groups is 2. The molecule has 0 atom stereocenters. The van der Waals surface area contributed by atoms with Gasteiger partial charge in [0.25, 0.3) is 5.91 Å². The molecule has 7 nitrogen and oxygen atoms in total. The van der Waals surface area contributed by atoms with E-state index in [0.29, 0.717) is 22.1 Å². The number of aryl methyl sites for hydroxylation is 1. The summed E-state index contributed by atoms with van der Waals surface area (Å²) >= 11 is 9.25. The number of aromatic nitrogens is 3. The number of carbonyl (C=O) groups excluding carboxylic acids is 2. The summed E-state index contributed by atoms with van der Waals surface area (Å²) in [5, 5.41) is 14.0. The lowest BCUT2D eigenvalue weighted by molar-refractivity contribution is -0.117. The monoisotopic (exact) mass is 461 g/mol. The molecule has 1 heterocycles. The lowest BCUT2D eigenvalue weighted by atomic mass is 10.2. The Morgan fingerprint density at radius 1 is 1.07 bits per heavy atom. The largest absolute Gasteiger partial charge is 0.324 e. The van der Waals surface area contributed by atoms with E-state index >= 15 is 0 Å². The van der Waals surface area contributed by atoms with Crippen LogP contribution in [0.3, 0.4) is 0 Å². The molecular weight excluding hydrogens is 446 g/mol. The summed E-state index contributed by atoms with van der Waals surface area (Å²) in [7, 11) is 0. The van der Waals surface area contributed by atoms with Gasteiger partial charge in [0.1, 0.15) is 6.54 Å². The van der Waals surface area contributed by atoms with Gasteiger partial charge in [-0.3, -0.25) is 9.59 Å². The van der Waals surface area contributed by atoms with Crippen LogP contribution >= 0.6 is 27.5 Å². The smallest absolute Gasteiger partial charge is 0.278 e. The van der Waals surface area contributed by atoms with Crippen molar-refractivity contribution in [1.29, 1.82) is 0 Å². The molecule has 28 heavy (non-hydrogen) atoms. The predicted octanol–water partition coefficient (Wildman–Crippen LogP) is 4.20. The fraction of sp³-hybridized carbons (Fsp3) is 0.158. The highest BCUT2D eigenvalue weighted by atomic mass is 79.9. The van der Waals surface area contributed by atoms with Crippen LogP contribution in [0.4, 0.5) is 11.4 Å². The van der Waals surface area contributed by atoms with E-state index in [9.17, 15) is 9.59 Å². The molecule has 0 fully saturated rings. The van der Waals surface area contributed by atoms with Gasteiger partial charge in [0, 0.05) is 20.9 Å². The fourth-order valence-electron chi connectivity index (χ4n) is 2.50. The summed E-state index contributed by atoms with van der Waals surface area (Å²) in [4.78, 5) is 24.7. The number of rotatable bonds is 5. The fourth-order valence-corrected chi connectivity index (χ4v) is 2.88. The number of amides is 2. The molecule has 0 aliphatic rings. The Kier molecular flexibility index (Phi) is 6.11. The van der Waals surface area contributed by atoms with Crippen molar-refractivity contribution in [3.63, 3.8) is 0 Å². The lowest BCUT2D eigenvalue weighted by Crippen LogP contribution is -2.21. The summed E-state index contributed by atoms with van der Waals surface area (Å²) < 4.78 is 2.34. The SMILES string of the molecule is Cc1cc(NC(=O)c2nnn(CC(=O)Nc3ccc(Cl)cc3)c2C)ccc1Br. The molecule has 3 rings (SSSR count). The third kappa shape index (κ3) is 4.76. The summed E-state index contributed by atoms with van der Waals surface area (Å²) in [5.74, 6) is -0.672. The van der Waals surface area contributed by atoms with Crippen LogP contribution in [0.5, 0.6) is 0 Å². The van der Waals surface area contributed by atoms with Crippen molar-refractivity contribution in [2.45, 2.75) is 20.4 Å². The second-order valence-electron chi connectivity index (χ2n) is 6.15. The zero-order valence-electron chi connectivity index (χ0n) is 15.2. The number of nitrogens with one attached hydrogen (secondary N) is 2. The Hall–Kier alpha value is -2.71. The Morgan fingerprint density at radius 3 is 2.43 bits per heavy atom. The van der Waals surface area contributed by atoms with Gasteiger partial charge in [0.05, 0.1) is 5.69 Å². The van der Waals surface area contributed by atoms with E-state index in [1.165, 1.54) is 4.68 Å². The molecule has 144 valence electrons. The Labute approximate surface area is 175 Å².